The molecule has 7 heteroatoms. The molecule has 4 N–H and O–H groups in total. The van der Waals surface area contributed by atoms with Crippen molar-refractivity contribution in [2.24, 2.45) is 5.73 Å². The van der Waals surface area contributed by atoms with E-state index < -0.39 is 13.2 Å². The highest BCUT2D eigenvalue weighted by Crippen LogP contribution is 2.33. The van der Waals surface area contributed by atoms with Crippen LogP contribution in [-0.4, -0.2) is 36.5 Å². The van der Waals surface area contributed by atoms with Gasteiger partial charge in [-0.25, -0.2) is 0 Å². The molecule has 0 bridgehead atoms. The number of aliphatic hydroxyl groups is 1. The first kappa shape index (κ1) is 13.8. The Morgan fingerprint density at radius 1 is 1.61 bits per heavy atom. The molecule has 0 radical (unpaired) electrons. The third-order valence-corrected chi connectivity index (χ3v) is 3.44. The van der Waals surface area contributed by atoms with Gasteiger partial charge in [-0.15, -0.1) is 0 Å². The third kappa shape index (κ3) is 2.55. The molecule has 1 heterocycles. The van der Waals surface area contributed by atoms with E-state index in [0.29, 0.717) is 11.2 Å². The maximum atomic E-state index is 9.91. The van der Waals surface area contributed by atoms with Crippen molar-refractivity contribution in [2.45, 2.75) is 19.1 Å². The van der Waals surface area contributed by atoms with E-state index in [1.54, 1.807) is 13.0 Å². The molecule has 2 atom stereocenters. The molecule has 1 unspecified atom stereocenters. The van der Waals surface area contributed by atoms with Crippen LogP contribution in [0.4, 0.5) is 0 Å². The van der Waals surface area contributed by atoms with E-state index in [2.05, 4.69) is 15.9 Å². The van der Waals surface area contributed by atoms with Crippen LogP contribution in [0.2, 0.25) is 0 Å². The predicted octanol–water partition coefficient (Wildman–Crippen LogP) is -0.0738. The summed E-state index contributed by atoms with van der Waals surface area (Å²) < 4.78 is 11.7. The molecule has 1 aromatic carbocycles. The summed E-state index contributed by atoms with van der Waals surface area (Å²) in [7, 11) is -1.05. The average molecular weight is 316 g/mol. The Kier molecular flexibility index (Phi) is 4.29. The zero-order valence-corrected chi connectivity index (χ0v) is 11.6. The fourth-order valence-corrected chi connectivity index (χ4v) is 2.57. The minimum absolute atomic E-state index is 0.161. The second-order valence-electron chi connectivity index (χ2n) is 4.25. The molecule has 0 saturated carbocycles. The lowest BCUT2D eigenvalue weighted by Crippen LogP contribution is -2.31. The molecule has 18 heavy (non-hydrogen) atoms. The zero-order valence-electron chi connectivity index (χ0n) is 9.97. The molecule has 0 spiro atoms. The molecular formula is C11H15BBrNO4. The van der Waals surface area contributed by atoms with Crippen LogP contribution in [0, 0.1) is 0 Å². The van der Waals surface area contributed by atoms with Gasteiger partial charge in [-0.05, 0) is 24.6 Å². The van der Waals surface area contributed by atoms with E-state index in [9.17, 15) is 10.1 Å². The smallest absolute Gasteiger partial charge is 0.491 e. The number of aliphatic hydroxyl groups excluding tert-OH is 1. The summed E-state index contributed by atoms with van der Waals surface area (Å²) in [5.74, 6) is 0.512. The molecule has 0 aliphatic carbocycles. The fraction of sp³-hybridized carbons (Fsp3) is 0.455. The largest absolute Gasteiger partial charge is 0.495 e. The lowest BCUT2D eigenvalue weighted by molar-refractivity contribution is 0.123. The van der Waals surface area contributed by atoms with Crippen LogP contribution in [0.25, 0.3) is 0 Å². The summed E-state index contributed by atoms with van der Waals surface area (Å²) in [5, 5.41) is 19.1. The van der Waals surface area contributed by atoms with Crippen molar-refractivity contribution < 1.29 is 19.5 Å². The Bertz CT molecular complexity index is 443. The van der Waals surface area contributed by atoms with Crippen molar-refractivity contribution in [1.29, 1.82) is 0 Å². The van der Waals surface area contributed by atoms with Crippen molar-refractivity contribution >= 4 is 28.5 Å². The maximum absolute atomic E-state index is 9.91. The molecule has 1 aliphatic heterocycles. The van der Waals surface area contributed by atoms with Gasteiger partial charge < -0.3 is 25.3 Å². The first-order chi connectivity index (χ1) is 8.54. The van der Waals surface area contributed by atoms with E-state index >= 15 is 0 Å². The van der Waals surface area contributed by atoms with Gasteiger partial charge in [0.2, 0.25) is 0 Å². The summed E-state index contributed by atoms with van der Waals surface area (Å²) in [5.41, 5.74) is 7.01. The van der Waals surface area contributed by atoms with Crippen molar-refractivity contribution in [2.75, 3.05) is 13.2 Å². The van der Waals surface area contributed by atoms with Crippen LogP contribution >= 0.6 is 15.9 Å². The van der Waals surface area contributed by atoms with Crippen molar-refractivity contribution in [3.63, 3.8) is 0 Å². The van der Waals surface area contributed by atoms with Crippen molar-refractivity contribution in [1.82, 2.24) is 0 Å². The monoisotopic (exact) mass is 315 g/mol. The molecule has 0 fully saturated rings. The predicted molar refractivity (Wildman–Crippen MR) is 71.8 cm³/mol. The van der Waals surface area contributed by atoms with Crippen LogP contribution in [0.15, 0.2) is 16.6 Å². The van der Waals surface area contributed by atoms with Crippen LogP contribution in [0.1, 0.15) is 18.6 Å². The number of nitrogens with two attached hydrogens (primary N) is 1. The van der Waals surface area contributed by atoms with Gasteiger partial charge >= 0.3 is 7.12 Å². The molecule has 0 saturated heterocycles. The van der Waals surface area contributed by atoms with E-state index in [4.69, 9.17) is 15.1 Å². The third-order valence-electron chi connectivity index (χ3n) is 2.75. The average Bonchev–Trinajstić information content (AvgIpc) is 2.67. The number of fused-ring (bicyclic) bond motifs is 1. The number of ether oxygens (including phenoxy) is 1. The molecule has 0 amide bonds. The Morgan fingerprint density at radius 2 is 2.33 bits per heavy atom. The molecule has 0 aromatic heterocycles. The van der Waals surface area contributed by atoms with Gasteiger partial charge in [0.25, 0.3) is 0 Å². The molecule has 98 valence electrons. The highest BCUT2D eigenvalue weighted by molar-refractivity contribution is 9.10. The second-order valence-corrected chi connectivity index (χ2v) is 5.10. The van der Waals surface area contributed by atoms with Gasteiger partial charge in [0.15, 0.2) is 0 Å². The molecule has 1 aliphatic rings. The first-order valence-corrected chi connectivity index (χ1v) is 6.50. The Hall–Kier alpha value is -0.595. The standard InChI is InChI=1S/C11H15BBrNO4/c1-6(15)5-17-8-3-2-7(13)10-9(4-14)18-12(16)11(8)10/h2-3,6,9,15-16H,4-5,14H2,1H3/t6?,9-/m1/s1. The van der Waals surface area contributed by atoms with Gasteiger partial charge in [-0.3, -0.25) is 0 Å². The lowest BCUT2D eigenvalue weighted by atomic mass is 9.78. The number of hydrogen-bond acceptors (Lipinski definition) is 5. The normalized spacial score (nSPS) is 19.8. The summed E-state index contributed by atoms with van der Waals surface area (Å²) in [6.07, 6.45) is -0.923. The topological polar surface area (TPSA) is 84.9 Å². The maximum Gasteiger partial charge on any atom is 0.495 e. The molecule has 1 aromatic rings. The van der Waals surface area contributed by atoms with Crippen LogP contribution < -0.4 is 15.9 Å². The molecule has 5 nitrogen and oxygen atoms in total. The second kappa shape index (κ2) is 5.58. The van der Waals surface area contributed by atoms with Gasteiger partial charge in [0, 0.05) is 16.5 Å². The van der Waals surface area contributed by atoms with Gasteiger partial charge in [0.05, 0.1) is 12.2 Å². The zero-order chi connectivity index (χ0) is 13.3. The van der Waals surface area contributed by atoms with Crippen LogP contribution in [0.3, 0.4) is 0 Å². The van der Waals surface area contributed by atoms with E-state index in [1.165, 1.54) is 0 Å². The van der Waals surface area contributed by atoms with E-state index in [0.717, 1.165) is 10.0 Å². The molecular weight excluding hydrogens is 301 g/mol. The van der Waals surface area contributed by atoms with Crippen LogP contribution in [-0.2, 0) is 4.65 Å². The number of hydrogen-bond donors (Lipinski definition) is 3. The van der Waals surface area contributed by atoms with Gasteiger partial charge in [0.1, 0.15) is 12.4 Å². The van der Waals surface area contributed by atoms with E-state index in [-0.39, 0.29) is 19.3 Å². The summed E-state index contributed by atoms with van der Waals surface area (Å²) in [4.78, 5) is 0. The summed E-state index contributed by atoms with van der Waals surface area (Å²) >= 11 is 3.42. The summed E-state index contributed by atoms with van der Waals surface area (Å²) in [6, 6.07) is 3.55. The number of halogens is 1. The highest BCUT2D eigenvalue weighted by atomic mass is 79.9. The van der Waals surface area contributed by atoms with Crippen LogP contribution in [0.5, 0.6) is 5.75 Å². The van der Waals surface area contributed by atoms with Gasteiger partial charge in [-0.1, -0.05) is 15.9 Å². The Morgan fingerprint density at radius 3 is 2.94 bits per heavy atom. The summed E-state index contributed by atoms with van der Waals surface area (Å²) in [6.45, 7) is 2.07. The lowest BCUT2D eigenvalue weighted by Gasteiger charge is -2.14. The SMILES string of the molecule is CC(O)COc1ccc(Br)c2c1B(O)O[C@@H]2CN. The number of benzene rings is 1. The number of rotatable bonds is 4. The fourth-order valence-electron chi connectivity index (χ4n) is 1.97. The van der Waals surface area contributed by atoms with Gasteiger partial charge in [-0.2, -0.15) is 0 Å². The minimum Gasteiger partial charge on any atom is -0.491 e. The minimum atomic E-state index is -1.05. The van der Waals surface area contributed by atoms with Crippen molar-refractivity contribution in [3.05, 3.63) is 22.2 Å². The molecule has 2 rings (SSSR count). The highest BCUT2D eigenvalue weighted by Gasteiger charge is 2.38. The van der Waals surface area contributed by atoms with E-state index in [1.807, 2.05) is 6.07 Å². The Labute approximate surface area is 114 Å². The van der Waals surface area contributed by atoms with Crippen molar-refractivity contribution in [3.8, 4) is 5.75 Å². The Balaban J connectivity index is 2.36. The first-order valence-electron chi connectivity index (χ1n) is 5.71. The quantitative estimate of drug-likeness (QED) is 0.677.